The molecule has 0 saturated heterocycles. The van der Waals surface area contributed by atoms with E-state index in [-0.39, 0.29) is 0 Å². The minimum Gasteiger partial charge on any atom is -0.486 e. The zero-order valence-corrected chi connectivity index (χ0v) is 12.2. The summed E-state index contributed by atoms with van der Waals surface area (Å²) in [4.78, 5) is 0. The highest BCUT2D eigenvalue weighted by molar-refractivity contribution is 7.15. The van der Waals surface area contributed by atoms with Crippen LogP contribution in [-0.2, 0) is 13.0 Å². The minimum absolute atomic E-state index is 0.469. The molecule has 102 valence electrons. The molecule has 0 aliphatic rings. The third-order valence-electron chi connectivity index (χ3n) is 2.69. The first-order valence-corrected chi connectivity index (χ1v) is 7.41. The predicted octanol–water partition coefficient (Wildman–Crippen LogP) is 3.50. The van der Waals surface area contributed by atoms with Gasteiger partial charge in [-0.05, 0) is 30.5 Å². The van der Waals surface area contributed by atoms with E-state index in [0.29, 0.717) is 6.61 Å². The summed E-state index contributed by atoms with van der Waals surface area (Å²) in [5.74, 6) is 0.871. The summed E-state index contributed by atoms with van der Waals surface area (Å²) in [7, 11) is 0. The third-order valence-corrected chi connectivity index (χ3v) is 3.54. The zero-order valence-electron chi connectivity index (χ0n) is 11.3. The number of benzene rings is 1. The van der Waals surface area contributed by atoms with E-state index in [1.807, 2.05) is 12.1 Å². The molecule has 0 aliphatic heterocycles. The molecule has 0 unspecified atom stereocenters. The Labute approximate surface area is 117 Å². The SMILES string of the molecule is CCCNc1nnc(COc2ccc(CC)cc2)s1. The highest BCUT2D eigenvalue weighted by Gasteiger charge is 2.04. The molecule has 0 amide bonds. The Bertz CT molecular complexity index is 496. The standard InChI is InChI=1S/C14H19N3OS/c1-3-9-15-14-17-16-13(19-14)10-18-12-7-5-11(4-2)6-8-12/h5-8H,3-4,9-10H2,1-2H3,(H,15,17). The molecule has 0 aliphatic carbocycles. The maximum absolute atomic E-state index is 5.69. The lowest BCUT2D eigenvalue weighted by molar-refractivity contribution is 0.304. The van der Waals surface area contributed by atoms with Crippen molar-refractivity contribution in [2.24, 2.45) is 0 Å². The second kappa shape index (κ2) is 7.09. The molecule has 0 radical (unpaired) electrons. The lowest BCUT2D eigenvalue weighted by atomic mass is 10.2. The maximum Gasteiger partial charge on any atom is 0.205 e. The van der Waals surface area contributed by atoms with Crippen LogP contribution in [0.5, 0.6) is 5.75 Å². The average molecular weight is 277 g/mol. The van der Waals surface area contributed by atoms with Crippen molar-refractivity contribution in [3.05, 3.63) is 34.8 Å². The molecule has 0 fully saturated rings. The summed E-state index contributed by atoms with van der Waals surface area (Å²) >= 11 is 1.54. The summed E-state index contributed by atoms with van der Waals surface area (Å²) in [5, 5.41) is 13.1. The van der Waals surface area contributed by atoms with Crippen LogP contribution in [0.3, 0.4) is 0 Å². The molecule has 0 spiro atoms. The molecular formula is C14H19N3OS. The van der Waals surface area contributed by atoms with E-state index in [1.54, 1.807) is 11.3 Å². The van der Waals surface area contributed by atoms with Gasteiger partial charge < -0.3 is 10.1 Å². The van der Waals surface area contributed by atoms with Gasteiger partial charge in [-0.2, -0.15) is 0 Å². The lowest BCUT2D eigenvalue weighted by Crippen LogP contribution is -1.98. The maximum atomic E-state index is 5.69. The number of ether oxygens (including phenoxy) is 1. The van der Waals surface area contributed by atoms with Crippen molar-refractivity contribution in [2.45, 2.75) is 33.3 Å². The Balaban J connectivity index is 1.85. The van der Waals surface area contributed by atoms with Crippen molar-refractivity contribution in [3.63, 3.8) is 0 Å². The van der Waals surface area contributed by atoms with Crippen LogP contribution in [0.4, 0.5) is 5.13 Å². The van der Waals surface area contributed by atoms with Gasteiger partial charge in [0.1, 0.15) is 12.4 Å². The van der Waals surface area contributed by atoms with E-state index in [4.69, 9.17) is 4.74 Å². The van der Waals surface area contributed by atoms with Crippen LogP contribution in [0.1, 0.15) is 30.8 Å². The Morgan fingerprint density at radius 3 is 2.63 bits per heavy atom. The molecule has 1 aromatic heterocycles. The fraction of sp³-hybridized carbons (Fsp3) is 0.429. The number of aryl methyl sites for hydroxylation is 1. The summed E-state index contributed by atoms with van der Waals surface area (Å²) in [6.07, 6.45) is 2.12. The van der Waals surface area contributed by atoms with Gasteiger partial charge in [-0.15, -0.1) is 10.2 Å². The molecular weight excluding hydrogens is 258 g/mol. The van der Waals surface area contributed by atoms with Crippen LogP contribution in [0.2, 0.25) is 0 Å². The molecule has 2 rings (SSSR count). The largest absolute Gasteiger partial charge is 0.486 e. The second-order valence-corrected chi connectivity index (χ2v) is 5.28. The van der Waals surface area contributed by atoms with Crippen LogP contribution >= 0.6 is 11.3 Å². The summed E-state index contributed by atoms with van der Waals surface area (Å²) in [5.41, 5.74) is 1.31. The smallest absolute Gasteiger partial charge is 0.205 e. The van der Waals surface area contributed by atoms with Gasteiger partial charge >= 0.3 is 0 Å². The number of hydrogen-bond acceptors (Lipinski definition) is 5. The first-order chi connectivity index (χ1) is 9.31. The third kappa shape index (κ3) is 4.21. The summed E-state index contributed by atoms with van der Waals surface area (Å²) < 4.78 is 5.69. The molecule has 2 aromatic rings. The number of hydrogen-bond donors (Lipinski definition) is 1. The second-order valence-electron chi connectivity index (χ2n) is 4.21. The van der Waals surface area contributed by atoms with E-state index in [9.17, 15) is 0 Å². The van der Waals surface area contributed by atoms with Crippen molar-refractivity contribution in [1.82, 2.24) is 10.2 Å². The molecule has 4 nitrogen and oxygen atoms in total. The van der Waals surface area contributed by atoms with Crippen LogP contribution in [0.25, 0.3) is 0 Å². The van der Waals surface area contributed by atoms with Gasteiger partial charge in [0.25, 0.3) is 0 Å². The first-order valence-electron chi connectivity index (χ1n) is 6.59. The Morgan fingerprint density at radius 2 is 1.95 bits per heavy atom. The minimum atomic E-state index is 0.469. The van der Waals surface area contributed by atoms with Gasteiger partial charge in [0, 0.05) is 6.54 Å². The number of anilines is 1. The molecule has 19 heavy (non-hydrogen) atoms. The Morgan fingerprint density at radius 1 is 1.16 bits per heavy atom. The number of aromatic nitrogens is 2. The van der Waals surface area contributed by atoms with Crippen LogP contribution in [0, 0.1) is 0 Å². The lowest BCUT2D eigenvalue weighted by Gasteiger charge is -2.04. The number of nitrogens with one attached hydrogen (secondary N) is 1. The van der Waals surface area contributed by atoms with Gasteiger partial charge in [0.05, 0.1) is 0 Å². The van der Waals surface area contributed by atoms with Gasteiger partial charge in [-0.3, -0.25) is 0 Å². The normalized spacial score (nSPS) is 10.4. The Kier molecular flexibility index (Phi) is 5.15. The fourth-order valence-corrected chi connectivity index (χ4v) is 2.26. The molecule has 1 N–H and O–H groups in total. The molecule has 0 saturated carbocycles. The van der Waals surface area contributed by atoms with Gasteiger partial charge in [0.2, 0.25) is 5.13 Å². The van der Waals surface area contributed by atoms with Crippen LogP contribution in [-0.4, -0.2) is 16.7 Å². The van der Waals surface area contributed by atoms with Gasteiger partial charge in [-0.1, -0.05) is 37.3 Å². The summed E-state index contributed by atoms with van der Waals surface area (Å²) in [6, 6.07) is 8.17. The molecule has 1 aromatic carbocycles. The molecule has 1 heterocycles. The average Bonchev–Trinajstić information content (AvgIpc) is 2.91. The van der Waals surface area contributed by atoms with E-state index in [2.05, 4.69) is 41.5 Å². The fourth-order valence-electron chi connectivity index (χ4n) is 1.58. The van der Waals surface area contributed by atoms with E-state index < -0.39 is 0 Å². The molecule has 0 bridgehead atoms. The number of rotatable bonds is 7. The Hall–Kier alpha value is -1.62. The first kappa shape index (κ1) is 13.8. The van der Waals surface area contributed by atoms with E-state index >= 15 is 0 Å². The van der Waals surface area contributed by atoms with Crippen molar-refractivity contribution in [2.75, 3.05) is 11.9 Å². The summed E-state index contributed by atoms with van der Waals surface area (Å²) in [6.45, 7) is 5.66. The predicted molar refractivity (Wildman–Crippen MR) is 78.8 cm³/mol. The highest BCUT2D eigenvalue weighted by atomic mass is 32.1. The highest BCUT2D eigenvalue weighted by Crippen LogP contribution is 2.18. The van der Waals surface area contributed by atoms with Crippen molar-refractivity contribution >= 4 is 16.5 Å². The monoisotopic (exact) mass is 277 g/mol. The van der Waals surface area contributed by atoms with E-state index in [1.165, 1.54) is 5.56 Å². The van der Waals surface area contributed by atoms with Gasteiger partial charge in [0.15, 0.2) is 5.01 Å². The van der Waals surface area contributed by atoms with Crippen LogP contribution < -0.4 is 10.1 Å². The molecule has 5 heteroatoms. The van der Waals surface area contributed by atoms with Gasteiger partial charge in [-0.25, -0.2) is 0 Å². The van der Waals surface area contributed by atoms with Crippen molar-refractivity contribution < 1.29 is 4.74 Å². The van der Waals surface area contributed by atoms with E-state index in [0.717, 1.165) is 35.3 Å². The van der Waals surface area contributed by atoms with Crippen molar-refractivity contribution in [3.8, 4) is 5.75 Å². The topological polar surface area (TPSA) is 47.0 Å². The number of nitrogens with zero attached hydrogens (tertiary/aromatic N) is 2. The van der Waals surface area contributed by atoms with Crippen LogP contribution in [0.15, 0.2) is 24.3 Å². The van der Waals surface area contributed by atoms with Crippen molar-refractivity contribution in [1.29, 1.82) is 0 Å². The zero-order chi connectivity index (χ0) is 13.5. The quantitative estimate of drug-likeness (QED) is 0.841. The molecule has 0 atom stereocenters.